The van der Waals surface area contributed by atoms with Gasteiger partial charge in [-0.15, -0.1) is 0 Å². The molecule has 1 fully saturated rings. The summed E-state index contributed by atoms with van der Waals surface area (Å²) in [5.41, 5.74) is 2.52. The normalized spacial score (nSPS) is 20.5. The molecule has 1 aliphatic rings. The molecule has 0 bridgehead atoms. The van der Waals surface area contributed by atoms with Gasteiger partial charge < -0.3 is 10.6 Å². The number of carbonyl (C=O) groups is 1. The molecule has 0 radical (unpaired) electrons. The molecular formula is C19H31N3O. The highest BCUT2D eigenvalue weighted by Gasteiger charge is 2.21. The third-order valence-electron chi connectivity index (χ3n) is 4.49. The maximum absolute atomic E-state index is 12.3. The number of benzene rings is 1. The van der Waals surface area contributed by atoms with E-state index >= 15 is 0 Å². The number of piperazine rings is 1. The molecule has 1 saturated heterocycles. The molecule has 4 nitrogen and oxygen atoms in total. The van der Waals surface area contributed by atoms with Crippen LogP contribution in [-0.2, 0) is 11.2 Å². The molecule has 1 aliphatic heterocycles. The van der Waals surface area contributed by atoms with Crippen LogP contribution < -0.4 is 10.6 Å². The molecule has 2 N–H and O–H groups in total. The predicted molar refractivity (Wildman–Crippen MR) is 95.4 cm³/mol. The lowest BCUT2D eigenvalue weighted by Crippen LogP contribution is -2.52. The highest BCUT2D eigenvalue weighted by molar-refractivity contribution is 5.78. The van der Waals surface area contributed by atoms with E-state index in [1.54, 1.807) is 0 Å². The van der Waals surface area contributed by atoms with Gasteiger partial charge in [0.15, 0.2) is 0 Å². The third kappa shape index (κ3) is 5.63. The summed E-state index contributed by atoms with van der Waals surface area (Å²) in [5, 5.41) is 6.47. The van der Waals surface area contributed by atoms with E-state index in [-0.39, 0.29) is 11.9 Å². The van der Waals surface area contributed by atoms with Crippen molar-refractivity contribution in [2.75, 3.05) is 26.2 Å². The van der Waals surface area contributed by atoms with Gasteiger partial charge in [-0.05, 0) is 37.3 Å². The largest absolute Gasteiger partial charge is 0.348 e. The minimum atomic E-state index is 0.0498. The summed E-state index contributed by atoms with van der Waals surface area (Å²) in [7, 11) is 0. The van der Waals surface area contributed by atoms with Crippen molar-refractivity contribution in [1.29, 1.82) is 0 Å². The van der Waals surface area contributed by atoms with Crippen LogP contribution in [0.4, 0.5) is 0 Å². The molecule has 1 heterocycles. The summed E-state index contributed by atoms with van der Waals surface area (Å²) in [5.74, 6) is 0.775. The molecule has 128 valence electrons. The first-order chi connectivity index (χ1) is 11.0. The summed E-state index contributed by atoms with van der Waals surface area (Å²) < 4.78 is 0. The van der Waals surface area contributed by atoms with Crippen molar-refractivity contribution in [3.8, 4) is 0 Å². The molecule has 1 amide bonds. The average molecular weight is 317 g/mol. The summed E-state index contributed by atoms with van der Waals surface area (Å²) in [6.45, 7) is 12.0. The number of amides is 1. The number of nitrogens with one attached hydrogen (secondary N) is 2. The van der Waals surface area contributed by atoms with Gasteiger partial charge in [0.1, 0.15) is 0 Å². The van der Waals surface area contributed by atoms with Crippen LogP contribution in [0.5, 0.6) is 0 Å². The Kier molecular flexibility index (Phi) is 6.60. The number of rotatable bonds is 6. The van der Waals surface area contributed by atoms with Gasteiger partial charge in [0.05, 0.1) is 12.6 Å². The van der Waals surface area contributed by atoms with Crippen LogP contribution in [0.25, 0.3) is 0 Å². The van der Waals surface area contributed by atoms with Gasteiger partial charge in [0.2, 0.25) is 5.91 Å². The Morgan fingerprint density at radius 1 is 1.30 bits per heavy atom. The van der Waals surface area contributed by atoms with Gasteiger partial charge in [-0.3, -0.25) is 9.69 Å². The number of hydrogen-bond donors (Lipinski definition) is 2. The lowest BCUT2D eigenvalue weighted by molar-refractivity contribution is -0.123. The van der Waals surface area contributed by atoms with E-state index in [4.69, 9.17) is 0 Å². The lowest BCUT2D eigenvalue weighted by Gasteiger charge is -2.33. The van der Waals surface area contributed by atoms with Crippen LogP contribution in [-0.4, -0.2) is 43.0 Å². The second kappa shape index (κ2) is 8.46. The molecule has 2 rings (SSSR count). The minimum absolute atomic E-state index is 0.0498. The molecule has 1 aromatic rings. The Balaban J connectivity index is 1.85. The van der Waals surface area contributed by atoms with E-state index in [2.05, 4.69) is 67.5 Å². The highest BCUT2D eigenvalue weighted by atomic mass is 16.2. The summed E-state index contributed by atoms with van der Waals surface area (Å²) in [6.07, 6.45) is 1.10. The van der Waals surface area contributed by atoms with Gasteiger partial charge in [0, 0.05) is 25.7 Å². The SMILES string of the molecule is CC(C)Cc1ccc(C(C)NC(=O)CN2CCNC[C@H]2C)cc1. The minimum Gasteiger partial charge on any atom is -0.348 e. The summed E-state index contributed by atoms with van der Waals surface area (Å²) in [6, 6.07) is 9.09. The zero-order valence-electron chi connectivity index (χ0n) is 14.9. The molecule has 1 unspecified atom stereocenters. The van der Waals surface area contributed by atoms with Gasteiger partial charge in [-0.2, -0.15) is 0 Å². The first kappa shape index (κ1) is 18.0. The zero-order chi connectivity index (χ0) is 16.8. The fourth-order valence-electron chi connectivity index (χ4n) is 3.09. The van der Waals surface area contributed by atoms with E-state index in [0.29, 0.717) is 18.5 Å². The first-order valence-corrected chi connectivity index (χ1v) is 8.78. The monoisotopic (exact) mass is 317 g/mol. The fraction of sp³-hybridized carbons (Fsp3) is 0.632. The van der Waals surface area contributed by atoms with Crippen molar-refractivity contribution in [2.24, 2.45) is 5.92 Å². The Labute approximate surface area is 140 Å². The Morgan fingerprint density at radius 2 is 2.00 bits per heavy atom. The van der Waals surface area contributed by atoms with Crippen LogP contribution in [0.3, 0.4) is 0 Å². The smallest absolute Gasteiger partial charge is 0.234 e. The Morgan fingerprint density at radius 3 is 2.61 bits per heavy atom. The molecule has 23 heavy (non-hydrogen) atoms. The van der Waals surface area contributed by atoms with Crippen LogP contribution in [0.2, 0.25) is 0 Å². The van der Waals surface area contributed by atoms with Crippen molar-refractivity contribution in [1.82, 2.24) is 15.5 Å². The topological polar surface area (TPSA) is 44.4 Å². The molecule has 0 spiro atoms. The zero-order valence-corrected chi connectivity index (χ0v) is 14.9. The van der Waals surface area contributed by atoms with Crippen LogP contribution in [0.1, 0.15) is 44.9 Å². The number of nitrogens with zero attached hydrogens (tertiary/aromatic N) is 1. The van der Waals surface area contributed by atoms with Gasteiger partial charge in [-0.1, -0.05) is 38.1 Å². The number of hydrogen-bond acceptors (Lipinski definition) is 3. The standard InChI is InChI=1S/C19H31N3O/c1-14(2)11-17-5-7-18(8-6-17)16(4)21-19(23)13-22-10-9-20-12-15(22)3/h5-8,14-16,20H,9-13H2,1-4H3,(H,21,23)/t15-,16?/m1/s1. The summed E-state index contributed by atoms with van der Waals surface area (Å²) >= 11 is 0. The Bertz CT molecular complexity index is 498. The van der Waals surface area contributed by atoms with E-state index in [1.165, 1.54) is 11.1 Å². The number of carbonyl (C=O) groups excluding carboxylic acids is 1. The molecule has 1 aromatic carbocycles. The quantitative estimate of drug-likeness (QED) is 0.846. The predicted octanol–water partition coefficient (Wildman–Crippen LogP) is 2.36. The molecule has 4 heteroatoms. The van der Waals surface area contributed by atoms with Crippen molar-refractivity contribution in [2.45, 2.75) is 46.2 Å². The van der Waals surface area contributed by atoms with Crippen LogP contribution in [0.15, 0.2) is 24.3 Å². The van der Waals surface area contributed by atoms with Crippen molar-refractivity contribution >= 4 is 5.91 Å². The summed E-state index contributed by atoms with van der Waals surface area (Å²) in [4.78, 5) is 14.5. The first-order valence-electron chi connectivity index (χ1n) is 8.78. The van der Waals surface area contributed by atoms with Crippen molar-refractivity contribution in [3.05, 3.63) is 35.4 Å². The van der Waals surface area contributed by atoms with Crippen LogP contribution in [0, 0.1) is 5.92 Å². The van der Waals surface area contributed by atoms with E-state index in [9.17, 15) is 4.79 Å². The fourth-order valence-corrected chi connectivity index (χ4v) is 3.09. The van der Waals surface area contributed by atoms with Gasteiger partial charge in [0.25, 0.3) is 0 Å². The maximum Gasteiger partial charge on any atom is 0.234 e. The average Bonchev–Trinajstić information content (AvgIpc) is 2.49. The van der Waals surface area contributed by atoms with Gasteiger partial charge in [-0.25, -0.2) is 0 Å². The van der Waals surface area contributed by atoms with Crippen LogP contribution >= 0.6 is 0 Å². The second-order valence-electron chi connectivity index (χ2n) is 7.15. The molecular weight excluding hydrogens is 286 g/mol. The van der Waals surface area contributed by atoms with E-state index in [1.807, 2.05) is 0 Å². The van der Waals surface area contributed by atoms with E-state index < -0.39 is 0 Å². The van der Waals surface area contributed by atoms with Gasteiger partial charge >= 0.3 is 0 Å². The van der Waals surface area contributed by atoms with E-state index in [0.717, 1.165) is 26.1 Å². The lowest BCUT2D eigenvalue weighted by atomic mass is 10.00. The third-order valence-corrected chi connectivity index (χ3v) is 4.49. The molecule has 0 aliphatic carbocycles. The van der Waals surface area contributed by atoms with Crippen molar-refractivity contribution in [3.63, 3.8) is 0 Å². The molecule has 2 atom stereocenters. The molecule has 0 aromatic heterocycles. The highest BCUT2D eigenvalue weighted by Crippen LogP contribution is 2.15. The maximum atomic E-state index is 12.3. The molecule has 0 saturated carbocycles. The second-order valence-corrected chi connectivity index (χ2v) is 7.15. The van der Waals surface area contributed by atoms with Crippen molar-refractivity contribution < 1.29 is 4.79 Å². The Hall–Kier alpha value is -1.39.